The summed E-state index contributed by atoms with van der Waals surface area (Å²) in [5, 5.41) is 3.88. The van der Waals surface area contributed by atoms with Crippen LogP contribution >= 0.6 is 23.2 Å². The molecule has 2 saturated heterocycles. The number of nitrogens with zero attached hydrogens (tertiary/aromatic N) is 4. The SMILES string of the molecule is C[C@H]1CN(c2ncc(C(=O)NCc3ccc(F)c(F)c3)cc2Cl)CCN1C1(C)CCN(Cc2ccc(Cl)cc2)CC1. The lowest BCUT2D eigenvalue weighted by Gasteiger charge is -2.53. The van der Waals surface area contributed by atoms with Crippen LogP contribution in [0, 0.1) is 11.6 Å². The standard InChI is InChI=1S/C31H35Cl2F2N5O/c1-21-19-39(13-14-40(21)31(2)9-11-38(12-10-31)20-22-3-6-25(32)7-4-22)29-26(33)16-24(18-36-29)30(41)37-17-23-5-8-27(34)28(35)15-23/h3-8,15-16,18,21H,9-14,17,19-20H2,1-2H3,(H,37,41)/t21-/m0/s1. The van der Waals surface area contributed by atoms with Crippen molar-refractivity contribution in [2.45, 2.75) is 51.4 Å². The maximum Gasteiger partial charge on any atom is 0.253 e. The molecular formula is C31H35Cl2F2N5O. The monoisotopic (exact) mass is 601 g/mol. The number of rotatable bonds is 7. The second-order valence-corrected chi connectivity index (χ2v) is 12.2. The topological polar surface area (TPSA) is 51.7 Å². The van der Waals surface area contributed by atoms with Crippen LogP contribution in [0.5, 0.6) is 0 Å². The second-order valence-electron chi connectivity index (χ2n) is 11.3. The van der Waals surface area contributed by atoms with E-state index in [1.165, 1.54) is 17.8 Å². The van der Waals surface area contributed by atoms with Gasteiger partial charge in [-0.15, -0.1) is 0 Å². The lowest BCUT2D eigenvalue weighted by Crippen LogP contribution is -2.63. The number of piperidine rings is 1. The van der Waals surface area contributed by atoms with E-state index in [4.69, 9.17) is 23.2 Å². The number of piperazine rings is 1. The smallest absolute Gasteiger partial charge is 0.253 e. The molecule has 2 fully saturated rings. The number of carbonyl (C=O) groups is 1. The lowest BCUT2D eigenvalue weighted by molar-refractivity contribution is 0.000518. The van der Waals surface area contributed by atoms with Gasteiger partial charge in [-0.1, -0.05) is 41.4 Å². The summed E-state index contributed by atoms with van der Waals surface area (Å²) in [5.41, 5.74) is 2.19. The molecule has 0 spiro atoms. The summed E-state index contributed by atoms with van der Waals surface area (Å²) >= 11 is 12.7. The van der Waals surface area contributed by atoms with Crippen molar-refractivity contribution in [3.63, 3.8) is 0 Å². The first-order valence-corrected chi connectivity index (χ1v) is 14.7. The molecule has 5 rings (SSSR count). The molecule has 1 N–H and O–H groups in total. The Morgan fingerprint density at radius 1 is 1.00 bits per heavy atom. The highest BCUT2D eigenvalue weighted by Crippen LogP contribution is 2.34. The Kier molecular flexibility index (Phi) is 9.14. The van der Waals surface area contributed by atoms with Crippen molar-refractivity contribution in [3.8, 4) is 0 Å². The van der Waals surface area contributed by atoms with Crippen molar-refractivity contribution >= 4 is 34.9 Å². The molecule has 2 aliphatic rings. The molecule has 0 radical (unpaired) electrons. The Balaban J connectivity index is 1.14. The molecule has 3 heterocycles. The number of anilines is 1. The van der Waals surface area contributed by atoms with E-state index in [1.54, 1.807) is 6.07 Å². The van der Waals surface area contributed by atoms with E-state index in [2.05, 4.69) is 51.0 Å². The average Bonchev–Trinajstić information content (AvgIpc) is 2.96. The van der Waals surface area contributed by atoms with Crippen molar-refractivity contribution in [2.75, 3.05) is 37.6 Å². The quantitative estimate of drug-likeness (QED) is 0.351. The molecule has 10 heteroatoms. The third-order valence-electron chi connectivity index (χ3n) is 8.39. The normalized spacial score (nSPS) is 19.8. The van der Waals surface area contributed by atoms with Gasteiger partial charge >= 0.3 is 0 Å². The van der Waals surface area contributed by atoms with Crippen molar-refractivity contribution in [3.05, 3.63) is 93.1 Å². The molecule has 0 bridgehead atoms. The molecule has 218 valence electrons. The van der Waals surface area contributed by atoms with Crippen molar-refractivity contribution in [2.24, 2.45) is 0 Å². The van der Waals surface area contributed by atoms with Gasteiger partial charge in [-0.05, 0) is 68.1 Å². The fourth-order valence-electron chi connectivity index (χ4n) is 6.00. The van der Waals surface area contributed by atoms with Crippen LogP contribution < -0.4 is 10.2 Å². The number of halogens is 4. The van der Waals surface area contributed by atoms with Gasteiger partial charge in [0.05, 0.1) is 10.6 Å². The van der Waals surface area contributed by atoms with Crippen molar-refractivity contribution in [1.82, 2.24) is 20.1 Å². The van der Waals surface area contributed by atoms with Gasteiger partial charge in [0.2, 0.25) is 0 Å². The van der Waals surface area contributed by atoms with Gasteiger partial charge in [0.1, 0.15) is 5.82 Å². The maximum absolute atomic E-state index is 13.5. The fourth-order valence-corrected chi connectivity index (χ4v) is 6.41. The highest BCUT2D eigenvalue weighted by Gasteiger charge is 2.40. The minimum atomic E-state index is -0.950. The van der Waals surface area contributed by atoms with Crippen LogP contribution in [0.25, 0.3) is 0 Å². The molecule has 0 aliphatic carbocycles. The summed E-state index contributed by atoms with van der Waals surface area (Å²) in [7, 11) is 0. The number of pyridine rings is 1. The Morgan fingerprint density at radius 2 is 1.71 bits per heavy atom. The third-order valence-corrected chi connectivity index (χ3v) is 8.92. The first-order valence-electron chi connectivity index (χ1n) is 14.0. The largest absolute Gasteiger partial charge is 0.353 e. The molecule has 1 atom stereocenters. The highest BCUT2D eigenvalue weighted by atomic mass is 35.5. The maximum atomic E-state index is 13.5. The summed E-state index contributed by atoms with van der Waals surface area (Å²) in [6.45, 7) is 10.2. The van der Waals surface area contributed by atoms with Gasteiger partial charge in [0.25, 0.3) is 5.91 Å². The molecule has 2 aliphatic heterocycles. The van der Waals surface area contributed by atoms with E-state index in [9.17, 15) is 13.6 Å². The summed E-state index contributed by atoms with van der Waals surface area (Å²) in [4.78, 5) is 24.5. The van der Waals surface area contributed by atoms with Crippen LogP contribution in [0.3, 0.4) is 0 Å². The Morgan fingerprint density at radius 3 is 2.37 bits per heavy atom. The van der Waals surface area contributed by atoms with E-state index >= 15 is 0 Å². The zero-order chi connectivity index (χ0) is 29.1. The first kappa shape index (κ1) is 29.7. The Bertz CT molecular complexity index is 1380. The Labute approximate surface area is 250 Å². The number of hydrogen-bond donors (Lipinski definition) is 1. The van der Waals surface area contributed by atoms with Crippen LogP contribution in [-0.2, 0) is 13.1 Å². The van der Waals surface area contributed by atoms with Crippen molar-refractivity contribution < 1.29 is 13.6 Å². The first-order chi connectivity index (χ1) is 19.6. The van der Waals surface area contributed by atoms with E-state index in [0.29, 0.717) is 28.0 Å². The molecule has 41 heavy (non-hydrogen) atoms. The average molecular weight is 603 g/mol. The molecule has 0 saturated carbocycles. The molecule has 1 amide bonds. The number of hydrogen-bond acceptors (Lipinski definition) is 5. The van der Waals surface area contributed by atoms with E-state index < -0.39 is 11.6 Å². The number of amides is 1. The van der Waals surface area contributed by atoms with Gasteiger partial charge in [0.15, 0.2) is 11.6 Å². The summed E-state index contributed by atoms with van der Waals surface area (Å²) < 4.78 is 26.6. The predicted molar refractivity (Wildman–Crippen MR) is 160 cm³/mol. The van der Waals surface area contributed by atoms with Crippen LogP contribution in [0.1, 0.15) is 48.2 Å². The minimum absolute atomic E-state index is 0.0620. The minimum Gasteiger partial charge on any atom is -0.353 e. The van der Waals surface area contributed by atoms with Crippen LogP contribution in [0.4, 0.5) is 14.6 Å². The second kappa shape index (κ2) is 12.6. The zero-order valence-corrected chi connectivity index (χ0v) is 24.9. The number of likely N-dealkylation sites (tertiary alicyclic amines) is 1. The van der Waals surface area contributed by atoms with Gasteiger partial charge in [-0.25, -0.2) is 13.8 Å². The predicted octanol–water partition coefficient (Wildman–Crippen LogP) is 6.16. The van der Waals surface area contributed by atoms with Gasteiger partial charge in [0, 0.05) is 68.6 Å². The lowest BCUT2D eigenvalue weighted by atomic mass is 9.85. The van der Waals surface area contributed by atoms with Crippen LogP contribution in [0.15, 0.2) is 54.7 Å². The number of carbonyl (C=O) groups excluding carboxylic acids is 1. The van der Waals surface area contributed by atoms with E-state index in [0.717, 1.165) is 69.3 Å². The summed E-state index contributed by atoms with van der Waals surface area (Å²) in [6, 6.07) is 13.6. The van der Waals surface area contributed by atoms with Gasteiger partial charge in [-0.2, -0.15) is 0 Å². The van der Waals surface area contributed by atoms with Gasteiger partial charge in [-0.3, -0.25) is 14.6 Å². The molecule has 0 unspecified atom stereocenters. The number of aromatic nitrogens is 1. The molecule has 3 aromatic rings. The summed E-state index contributed by atoms with van der Waals surface area (Å²) in [5.74, 6) is -1.59. The van der Waals surface area contributed by atoms with E-state index in [1.807, 2.05) is 12.1 Å². The summed E-state index contributed by atoms with van der Waals surface area (Å²) in [6.07, 6.45) is 3.73. The highest BCUT2D eigenvalue weighted by molar-refractivity contribution is 6.33. The molecule has 1 aromatic heterocycles. The van der Waals surface area contributed by atoms with E-state index in [-0.39, 0.29) is 18.0 Å². The molecule has 6 nitrogen and oxygen atoms in total. The fraction of sp³-hybridized carbons (Fsp3) is 0.419. The van der Waals surface area contributed by atoms with Gasteiger partial charge < -0.3 is 10.2 Å². The molecular weight excluding hydrogens is 567 g/mol. The van der Waals surface area contributed by atoms with Crippen LogP contribution in [-0.4, -0.2) is 65.0 Å². The van der Waals surface area contributed by atoms with Crippen LogP contribution in [0.2, 0.25) is 10.0 Å². The molecule has 2 aromatic carbocycles. The zero-order valence-electron chi connectivity index (χ0n) is 23.3. The number of benzene rings is 2. The number of nitrogens with one attached hydrogen (secondary N) is 1. The third kappa shape index (κ3) is 7.00. The Hall–Kier alpha value is -2.78. The van der Waals surface area contributed by atoms with Crippen molar-refractivity contribution in [1.29, 1.82) is 0 Å².